The molecule has 0 aliphatic carbocycles. The van der Waals surface area contributed by atoms with Gasteiger partial charge in [-0.3, -0.25) is 4.79 Å². The molecule has 1 amide bonds. The van der Waals surface area contributed by atoms with Crippen molar-refractivity contribution in [3.63, 3.8) is 0 Å². The number of halogens is 2. The highest BCUT2D eigenvalue weighted by Crippen LogP contribution is 2.27. The van der Waals surface area contributed by atoms with Crippen molar-refractivity contribution in [2.45, 2.75) is 25.4 Å². The SMILES string of the molecule is Cc1ccc(C)c(S(=O)(=O)Oc2ccc(C(=O)Nc3ccccc3OC(F)F)cc2)c1. The Balaban J connectivity index is 1.75. The number of nitrogens with one attached hydrogen (secondary N) is 1. The number of benzene rings is 3. The number of carbonyl (C=O) groups is 1. The number of rotatable bonds is 7. The average Bonchev–Trinajstić information content (AvgIpc) is 2.71. The van der Waals surface area contributed by atoms with E-state index in [1.54, 1.807) is 32.0 Å². The molecule has 0 radical (unpaired) electrons. The molecule has 31 heavy (non-hydrogen) atoms. The summed E-state index contributed by atoms with van der Waals surface area (Å²) in [6.45, 7) is 0.406. The minimum absolute atomic E-state index is 0.0267. The molecule has 9 heteroatoms. The van der Waals surface area contributed by atoms with Gasteiger partial charge in [-0.05, 0) is 67.4 Å². The molecule has 3 aromatic carbocycles. The quantitative estimate of drug-likeness (QED) is 0.520. The molecular weight excluding hydrogens is 428 g/mol. The number of alkyl halides is 2. The zero-order valence-electron chi connectivity index (χ0n) is 16.6. The van der Waals surface area contributed by atoms with Crippen LogP contribution in [-0.2, 0) is 10.1 Å². The Bertz CT molecular complexity index is 1190. The fourth-order valence-electron chi connectivity index (χ4n) is 2.77. The van der Waals surface area contributed by atoms with E-state index >= 15 is 0 Å². The van der Waals surface area contributed by atoms with Gasteiger partial charge in [0.2, 0.25) is 0 Å². The molecule has 0 unspecified atom stereocenters. The Hall–Kier alpha value is -3.46. The molecule has 0 heterocycles. The van der Waals surface area contributed by atoms with Crippen molar-refractivity contribution in [2.75, 3.05) is 5.32 Å². The summed E-state index contributed by atoms with van der Waals surface area (Å²) in [5.74, 6) is -0.737. The first-order chi connectivity index (χ1) is 14.7. The first-order valence-corrected chi connectivity index (χ1v) is 10.5. The number of ether oxygens (including phenoxy) is 1. The average molecular weight is 447 g/mol. The van der Waals surface area contributed by atoms with Gasteiger partial charge in [0.05, 0.1) is 5.69 Å². The normalized spacial score (nSPS) is 11.3. The van der Waals surface area contributed by atoms with E-state index in [1.807, 2.05) is 0 Å². The highest BCUT2D eigenvalue weighted by Gasteiger charge is 2.20. The summed E-state index contributed by atoms with van der Waals surface area (Å²) in [5, 5.41) is 2.48. The van der Waals surface area contributed by atoms with E-state index in [0.29, 0.717) is 5.56 Å². The number of para-hydroxylation sites is 2. The van der Waals surface area contributed by atoms with Gasteiger partial charge >= 0.3 is 16.7 Å². The van der Waals surface area contributed by atoms with E-state index in [2.05, 4.69) is 10.1 Å². The van der Waals surface area contributed by atoms with Gasteiger partial charge in [0, 0.05) is 5.56 Å². The molecule has 0 aromatic heterocycles. The fraction of sp³-hybridized carbons (Fsp3) is 0.136. The Morgan fingerprint density at radius 2 is 1.65 bits per heavy atom. The van der Waals surface area contributed by atoms with Gasteiger partial charge in [-0.1, -0.05) is 24.3 Å². The van der Waals surface area contributed by atoms with E-state index in [9.17, 15) is 22.0 Å². The van der Waals surface area contributed by atoms with Crippen LogP contribution in [-0.4, -0.2) is 20.9 Å². The van der Waals surface area contributed by atoms with Gasteiger partial charge in [-0.15, -0.1) is 0 Å². The monoisotopic (exact) mass is 447 g/mol. The lowest BCUT2D eigenvalue weighted by Gasteiger charge is -2.12. The lowest BCUT2D eigenvalue weighted by atomic mass is 10.2. The van der Waals surface area contributed by atoms with E-state index in [-0.39, 0.29) is 27.6 Å². The molecule has 0 aliphatic heterocycles. The summed E-state index contributed by atoms with van der Waals surface area (Å²) in [7, 11) is -4.05. The number of carbonyl (C=O) groups excluding carboxylic acids is 1. The van der Waals surface area contributed by atoms with Crippen molar-refractivity contribution < 1.29 is 30.9 Å². The molecule has 0 bridgehead atoms. The van der Waals surface area contributed by atoms with Crippen molar-refractivity contribution in [3.8, 4) is 11.5 Å². The van der Waals surface area contributed by atoms with Gasteiger partial charge in [0.25, 0.3) is 5.91 Å². The molecule has 0 fully saturated rings. The van der Waals surface area contributed by atoms with E-state index in [0.717, 1.165) is 5.56 Å². The first-order valence-electron chi connectivity index (χ1n) is 9.13. The van der Waals surface area contributed by atoms with Crippen LogP contribution in [0.25, 0.3) is 0 Å². The maximum Gasteiger partial charge on any atom is 0.387 e. The highest BCUT2D eigenvalue weighted by molar-refractivity contribution is 7.87. The molecule has 1 N–H and O–H groups in total. The first kappa shape index (κ1) is 22.2. The van der Waals surface area contributed by atoms with Crippen LogP contribution >= 0.6 is 0 Å². The summed E-state index contributed by atoms with van der Waals surface area (Å²) >= 11 is 0. The van der Waals surface area contributed by atoms with E-state index in [1.165, 1.54) is 48.5 Å². The molecule has 6 nitrogen and oxygen atoms in total. The highest BCUT2D eigenvalue weighted by atomic mass is 32.2. The minimum atomic E-state index is -4.05. The summed E-state index contributed by atoms with van der Waals surface area (Å²) in [4.78, 5) is 12.5. The maximum atomic E-state index is 12.6. The molecule has 3 aromatic rings. The number of anilines is 1. The minimum Gasteiger partial charge on any atom is -0.433 e. The van der Waals surface area contributed by atoms with Crippen LogP contribution in [0.2, 0.25) is 0 Å². The molecule has 3 rings (SSSR count). The third-order valence-corrected chi connectivity index (χ3v) is 5.68. The van der Waals surface area contributed by atoms with Gasteiger partial charge < -0.3 is 14.2 Å². The summed E-state index contributed by atoms with van der Waals surface area (Å²) in [6, 6.07) is 16.2. The third kappa shape index (κ3) is 5.58. The Morgan fingerprint density at radius 1 is 0.968 bits per heavy atom. The largest absolute Gasteiger partial charge is 0.433 e. The number of aryl methyl sites for hydroxylation is 2. The fourth-order valence-corrected chi connectivity index (χ4v) is 4.02. The van der Waals surface area contributed by atoms with Crippen LogP contribution in [0.4, 0.5) is 14.5 Å². The Morgan fingerprint density at radius 3 is 2.32 bits per heavy atom. The molecule has 0 aliphatic rings. The summed E-state index contributed by atoms with van der Waals surface area (Å²) in [5.41, 5.74) is 1.57. The van der Waals surface area contributed by atoms with E-state index in [4.69, 9.17) is 4.18 Å². The molecule has 162 valence electrons. The second-order valence-corrected chi connectivity index (χ2v) is 8.17. The zero-order chi connectivity index (χ0) is 22.6. The predicted octanol–water partition coefficient (Wildman–Crippen LogP) is 4.92. The topological polar surface area (TPSA) is 81.7 Å². The van der Waals surface area contributed by atoms with Crippen molar-refractivity contribution >= 4 is 21.7 Å². The smallest absolute Gasteiger partial charge is 0.387 e. The molecular formula is C22H19F2NO5S. The van der Waals surface area contributed by atoms with E-state index < -0.39 is 22.6 Å². The van der Waals surface area contributed by atoms with Gasteiger partial charge in [0.1, 0.15) is 16.4 Å². The van der Waals surface area contributed by atoms with Crippen LogP contribution in [0.5, 0.6) is 11.5 Å². The van der Waals surface area contributed by atoms with Crippen molar-refractivity contribution in [3.05, 3.63) is 83.4 Å². The van der Waals surface area contributed by atoms with Crippen LogP contribution in [0.15, 0.2) is 71.6 Å². The van der Waals surface area contributed by atoms with Crippen molar-refractivity contribution in [2.24, 2.45) is 0 Å². The van der Waals surface area contributed by atoms with Gasteiger partial charge in [0.15, 0.2) is 0 Å². The third-order valence-electron chi connectivity index (χ3n) is 4.29. The molecule has 0 spiro atoms. The second kappa shape index (κ2) is 9.13. The summed E-state index contributed by atoms with van der Waals surface area (Å²) < 4.78 is 59.7. The lowest BCUT2D eigenvalue weighted by molar-refractivity contribution is -0.0493. The van der Waals surface area contributed by atoms with Crippen LogP contribution < -0.4 is 14.2 Å². The Kier molecular flexibility index (Phi) is 6.55. The number of hydrogen-bond acceptors (Lipinski definition) is 5. The van der Waals surface area contributed by atoms with Crippen LogP contribution in [0.3, 0.4) is 0 Å². The van der Waals surface area contributed by atoms with Gasteiger partial charge in [-0.25, -0.2) is 0 Å². The second-order valence-electron chi connectivity index (χ2n) is 6.66. The number of amides is 1. The standard InChI is InChI=1S/C22H19F2NO5S/c1-14-7-8-15(2)20(13-14)31(27,28)30-17-11-9-16(10-12-17)21(26)25-18-5-3-4-6-19(18)29-22(23)24/h3-13,22H,1-2H3,(H,25,26). The number of hydrogen-bond donors (Lipinski definition) is 1. The Labute approximate surface area is 178 Å². The van der Waals surface area contributed by atoms with Gasteiger partial charge in [-0.2, -0.15) is 17.2 Å². The summed E-state index contributed by atoms with van der Waals surface area (Å²) in [6.07, 6.45) is 0. The molecule has 0 atom stereocenters. The predicted molar refractivity (Wildman–Crippen MR) is 111 cm³/mol. The van der Waals surface area contributed by atoms with Crippen molar-refractivity contribution in [1.29, 1.82) is 0 Å². The molecule has 0 saturated carbocycles. The maximum absolute atomic E-state index is 12.6. The van der Waals surface area contributed by atoms with Crippen molar-refractivity contribution in [1.82, 2.24) is 0 Å². The lowest BCUT2D eigenvalue weighted by Crippen LogP contribution is -2.14. The zero-order valence-corrected chi connectivity index (χ0v) is 17.5. The van der Waals surface area contributed by atoms with Crippen LogP contribution in [0.1, 0.15) is 21.5 Å². The molecule has 0 saturated heterocycles. The van der Waals surface area contributed by atoms with Crippen LogP contribution in [0, 0.1) is 13.8 Å².